The molecule has 1 fully saturated rings. The Labute approximate surface area is 262 Å². The van der Waals surface area contributed by atoms with Crippen LogP contribution >= 0.6 is 0 Å². The molecule has 3 aromatic carbocycles. The Morgan fingerprint density at radius 3 is 2.52 bits per heavy atom. The molecule has 0 spiro atoms. The number of carboxylic acid groups (broad SMARTS) is 1. The molecule has 11 heteroatoms. The maximum absolute atomic E-state index is 15.8. The zero-order valence-corrected chi connectivity index (χ0v) is 25.3. The third kappa shape index (κ3) is 5.79. The number of ether oxygens (including phenoxy) is 2. The fourth-order valence-corrected chi connectivity index (χ4v) is 5.81. The van der Waals surface area contributed by atoms with Crippen molar-refractivity contribution < 1.29 is 32.5 Å². The van der Waals surface area contributed by atoms with E-state index in [1.165, 1.54) is 30.3 Å². The summed E-state index contributed by atoms with van der Waals surface area (Å²) < 4.78 is 58.5. The van der Waals surface area contributed by atoms with Crippen LogP contribution in [0, 0.1) is 41.1 Å². The number of fused-ring (bicyclic) bond motifs is 1. The third-order valence-corrected chi connectivity index (χ3v) is 8.35. The molecule has 6 rings (SSSR count). The normalized spacial score (nSPS) is 15.6. The number of nitriles is 1. The van der Waals surface area contributed by atoms with Crippen molar-refractivity contribution in [3.63, 3.8) is 0 Å². The number of nitrogens with zero attached hydrogens (tertiary/aromatic N) is 4. The van der Waals surface area contributed by atoms with Gasteiger partial charge in [0.1, 0.15) is 35.6 Å². The van der Waals surface area contributed by atoms with Crippen molar-refractivity contribution in [2.24, 2.45) is 5.41 Å². The number of halogens is 3. The van der Waals surface area contributed by atoms with E-state index in [9.17, 15) is 14.3 Å². The Kier molecular flexibility index (Phi) is 8.00. The van der Waals surface area contributed by atoms with Gasteiger partial charge in [-0.25, -0.2) is 27.9 Å². The third-order valence-electron chi connectivity index (χ3n) is 8.35. The standard InChI is InChI=1S/C35H29F3N4O4/c1-19-10-23(13-31-40-28-8-6-21(34(43)44)12-29(28)42(31)30-17-45-18-35(30,2)3)27(38)14-24(19)33-25(36)7-9-32(41-33)46-16-22-5-4-20(15-39)11-26(22)37/h4-12,14,30H,13,16-18H2,1-3H3,(H,43,44). The van der Waals surface area contributed by atoms with Crippen LogP contribution in [0.25, 0.3) is 22.3 Å². The minimum absolute atomic E-state index is 0.0138. The number of benzene rings is 3. The van der Waals surface area contributed by atoms with Crippen LogP contribution in [0.15, 0.2) is 60.7 Å². The number of hydrogen-bond acceptors (Lipinski definition) is 6. The predicted octanol–water partition coefficient (Wildman–Crippen LogP) is 7.16. The molecule has 1 atom stereocenters. The van der Waals surface area contributed by atoms with Crippen LogP contribution in [0.1, 0.15) is 58.3 Å². The zero-order valence-electron chi connectivity index (χ0n) is 25.3. The van der Waals surface area contributed by atoms with Gasteiger partial charge >= 0.3 is 5.97 Å². The number of carbonyl (C=O) groups is 1. The van der Waals surface area contributed by atoms with E-state index >= 15 is 8.78 Å². The van der Waals surface area contributed by atoms with E-state index in [0.717, 1.165) is 12.1 Å². The van der Waals surface area contributed by atoms with Crippen molar-refractivity contribution in [2.45, 2.75) is 39.8 Å². The smallest absolute Gasteiger partial charge is 0.335 e. The number of aryl methyl sites for hydroxylation is 1. The summed E-state index contributed by atoms with van der Waals surface area (Å²) in [5.74, 6) is -2.41. The van der Waals surface area contributed by atoms with Gasteiger partial charge in [0.2, 0.25) is 5.88 Å². The molecule has 0 amide bonds. The first-order valence-corrected chi connectivity index (χ1v) is 14.5. The molecule has 0 bridgehead atoms. The van der Waals surface area contributed by atoms with Gasteiger partial charge in [-0.3, -0.25) is 0 Å². The molecule has 0 saturated carbocycles. The van der Waals surface area contributed by atoms with Crippen LogP contribution in [-0.4, -0.2) is 38.8 Å². The first-order valence-electron chi connectivity index (χ1n) is 14.5. The van der Waals surface area contributed by atoms with Crippen LogP contribution in [-0.2, 0) is 17.8 Å². The molecule has 1 aliphatic heterocycles. The van der Waals surface area contributed by atoms with Gasteiger partial charge in [0.05, 0.1) is 47.5 Å². The van der Waals surface area contributed by atoms with Gasteiger partial charge < -0.3 is 19.1 Å². The summed E-state index contributed by atoms with van der Waals surface area (Å²) in [6.45, 7) is 6.52. The topological polar surface area (TPSA) is 110 Å². The van der Waals surface area contributed by atoms with Crippen LogP contribution in [0.3, 0.4) is 0 Å². The summed E-state index contributed by atoms with van der Waals surface area (Å²) >= 11 is 0. The molecule has 1 aliphatic rings. The largest absolute Gasteiger partial charge is 0.478 e. The Morgan fingerprint density at radius 1 is 1.04 bits per heavy atom. The van der Waals surface area contributed by atoms with Crippen molar-refractivity contribution in [3.8, 4) is 23.2 Å². The molecule has 1 unspecified atom stereocenters. The lowest BCUT2D eigenvalue weighted by atomic mass is 9.87. The molecule has 0 aliphatic carbocycles. The number of imidazole rings is 1. The second-order valence-electron chi connectivity index (χ2n) is 12.0. The summed E-state index contributed by atoms with van der Waals surface area (Å²) in [5.41, 5.74) is 2.36. The van der Waals surface area contributed by atoms with Gasteiger partial charge in [-0.05, 0) is 60.5 Å². The number of pyridine rings is 1. The summed E-state index contributed by atoms with van der Waals surface area (Å²) in [5, 5.41) is 18.6. The fourth-order valence-electron chi connectivity index (χ4n) is 5.81. The maximum Gasteiger partial charge on any atom is 0.335 e. The van der Waals surface area contributed by atoms with Crippen molar-refractivity contribution in [1.29, 1.82) is 5.26 Å². The van der Waals surface area contributed by atoms with Crippen molar-refractivity contribution in [1.82, 2.24) is 14.5 Å². The average Bonchev–Trinajstić information content (AvgIpc) is 3.55. The van der Waals surface area contributed by atoms with Crippen molar-refractivity contribution in [2.75, 3.05) is 13.2 Å². The first-order chi connectivity index (χ1) is 21.9. The fraction of sp³-hybridized carbons (Fsp3) is 0.257. The lowest BCUT2D eigenvalue weighted by molar-refractivity contribution is 0.0697. The van der Waals surface area contributed by atoms with Crippen molar-refractivity contribution >= 4 is 17.0 Å². The van der Waals surface area contributed by atoms with Gasteiger partial charge in [0.15, 0.2) is 0 Å². The number of hydrogen-bond donors (Lipinski definition) is 1. The quantitative estimate of drug-likeness (QED) is 0.195. The van der Waals surface area contributed by atoms with E-state index < -0.39 is 23.4 Å². The molecule has 234 valence electrons. The lowest BCUT2D eigenvalue weighted by Crippen LogP contribution is -2.27. The lowest BCUT2D eigenvalue weighted by Gasteiger charge is -2.28. The van der Waals surface area contributed by atoms with E-state index in [4.69, 9.17) is 19.7 Å². The zero-order chi connectivity index (χ0) is 32.7. The van der Waals surface area contributed by atoms with E-state index in [-0.39, 0.29) is 58.3 Å². The SMILES string of the molecule is Cc1cc(Cc2nc3ccc(C(=O)O)cc3n2C2COCC2(C)C)c(F)cc1-c1nc(OCc2ccc(C#N)cc2F)ccc1F. The van der Waals surface area contributed by atoms with E-state index in [2.05, 4.69) is 18.8 Å². The monoisotopic (exact) mass is 626 g/mol. The number of aromatic carboxylic acids is 1. The van der Waals surface area contributed by atoms with Crippen LogP contribution in [0.2, 0.25) is 0 Å². The molecule has 3 heterocycles. The molecular formula is C35H29F3N4O4. The van der Waals surface area contributed by atoms with E-state index in [0.29, 0.717) is 41.2 Å². The average molecular weight is 627 g/mol. The van der Waals surface area contributed by atoms with Crippen LogP contribution < -0.4 is 4.74 Å². The Balaban J connectivity index is 1.33. The Morgan fingerprint density at radius 2 is 1.83 bits per heavy atom. The summed E-state index contributed by atoms with van der Waals surface area (Å²) in [7, 11) is 0. The van der Waals surface area contributed by atoms with Crippen LogP contribution in [0.5, 0.6) is 5.88 Å². The molecule has 1 N–H and O–H groups in total. The van der Waals surface area contributed by atoms with Gasteiger partial charge in [0.25, 0.3) is 0 Å². The van der Waals surface area contributed by atoms with E-state index in [1.807, 2.05) is 10.6 Å². The molecule has 2 aromatic heterocycles. The highest BCUT2D eigenvalue weighted by atomic mass is 19.1. The second kappa shape index (κ2) is 11.9. The molecular weight excluding hydrogens is 597 g/mol. The van der Waals surface area contributed by atoms with Gasteiger partial charge in [0, 0.05) is 29.0 Å². The second-order valence-corrected chi connectivity index (χ2v) is 12.0. The number of carboxylic acids is 1. The van der Waals surface area contributed by atoms with Crippen LogP contribution in [0.4, 0.5) is 13.2 Å². The van der Waals surface area contributed by atoms with Gasteiger partial charge in [-0.1, -0.05) is 26.0 Å². The molecule has 5 aromatic rings. The van der Waals surface area contributed by atoms with Crippen molar-refractivity contribution in [3.05, 3.63) is 112 Å². The highest BCUT2D eigenvalue weighted by molar-refractivity contribution is 5.92. The highest BCUT2D eigenvalue weighted by Gasteiger charge is 2.39. The summed E-state index contributed by atoms with van der Waals surface area (Å²) in [4.78, 5) is 20.8. The summed E-state index contributed by atoms with van der Waals surface area (Å²) in [6, 6.07) is 15.7. The molecule has 1 saturated heterocycles. The van der Waals surface area contributed by atoms with E-state index in [1.54, 1.807) is 25.1 Å². The Hall–Kier alpha value is -5.21. The Bertz CT molecular complexity index is 2050. The summed E-state index contributed by atoms with van der Waals surface area (Å²) in [6.07, 6.45) is 0.0891. The first kappa shape index (κ1) is 30.8. The molecule has 0 radical (unpaired) electrons. The molecule has 8 nitrogen and oxygen atoms in total. The molecule has 46 heavy (non-hydrogen) atoms. The predicted molar refractivity (Wildman–Crippen MR) is 163 cm³/mol. The number of rotatable bonds is 8. The minimum atomic E-state index is -1.06. The van der Waals surface area contributed by atoms with Gasteiger partial charge in [-0.2, -0.15) is 5.26 Å². The highest BCUT2D eigenvalue weighted by Crippen LogP contribution is 2.41. The maximum atomic E-state index is 15.8. The van der Waals surface area contributed by atoms with Gasteiger partial charge in [-0.15, -0.1) is 0 Å². The number of aromatic nitrogens is 3. The minimum Gasteiger partial charge on any atom is -0.478 e.